The lowest BCUT2D eigenvalue weighted by molar-refractivity contribution is -0.275. The third kappa shape index (κ3) is 5.00. The van der Waals surface area contributed by atoms with Gasteiger partial charge in [0.05, 0.1) is 21.4 Å². The van der Waals surface area contributed by atoms with Crippen molar-refractivity contribution in [2.75, 3.05) is 12.4 Å². The van der Waals surface area contributed by atoms with Crippen LogP contribution in [0.2, 0.25) is 0 Å². The summed E-state index contributed by atoms with van der Waals surface area (Å²) in [6, 6.07) is 3.21. The van der Waals surface area contributed by atoms with E-state index in [-0.39, 0.29) is 23.1 Å². The maximum atomic E-state index is 13.1. The predicted octanol–water partition coefficient (Wildman–Crippen LogP) is 4.52. The Morgan fingerprint density at radius 1 is 1.21 bits per heavy atom. The molecular weight excluding hydrogens is 477 g/mol. The van der Waals surface area contributed by atoms with Gasteiger partial charge in [0.15, 0.2) is 11.5 Å². The van der Waals surface area contributed by atoms with Crippen molar-refractivity contribution in [3.63, 3.8) is 0 Å². The molecule has 0 N–H and O–H groups in total. The van der Waals surface area contributed by atoms with E-state index in [0.717, 1.165) is 43.9 Å². The molecule has 0 heterocycles. The van der Waals surface area contributed by atoms with Gasteiger partial charge in [0, 0.05) is 5.92 Å². The van der Waals surface area contributed by atoms with Crippen LogP contribution in [0.1, 0.15) is 56.3 Å². The maximum Gasteiger partial charge on any atom is 0.573 e. The summed E-state index contributed by atoms with van der Waals surface area (Å²) in [6.07, 6.45) is 0.179. The predicted molar refractivity (Wildman–Crippen MR) is 113 cm³/mol. The first kappa shape index (κ1) is 25.1. The summed E-state index contributed by atoms with van der Waals surface area (Å²) in [6.45, 7) is 3.33. The lowest BCUT2D eigenvalue weighted by atomic mass is 9.68. The van der Waals surface area contributed by atoms with Crippen molar-refractivity contribution in [3.8, 4) is 11.5 Å². The second-order valence-electron chi connectivity index (χ2n) is 9.88. The number of carbonyl (C=O) groups is 1. The van der Waals surface area contributed by atoms with Gasteiger partial charge in [-0.2, -0.15) is 0 Å². The van der Waals surface area contributed by atoms with E-state index in [1.54, 1.807) is 0 Å². The molecule has 34 heavy (non-hydrogen) atoms. The third-order valence-corrected chi connectivity index (χ3v) is 8.43. The summed E-state index contributed by atoms with van der Waals surface area (Å²) < 4.78 is 86.9. The Bertz CT molecular complexity index is 1040. The Labute approximate surface area is 196 Å². The topological polar surface area (TPSA) is 102 Å². The molecule has 0 amide bonds. The molecule has 4 rings (SSSR count). The van der Waals surface area contributed by atoms with Crippen LogP contribution in [0.25, 0.3) is 0 Å². The Balaban J connectivity index is 1.63. The van der Waals surface area contributed by atoms with Crippen LogP contribution in [0.5, 0.6) is 11.5 Å². The minimum atomic E-state index is -4.96. The first-order valence-corrected chi connectivity index (χ1v) is 13.1. The Hall–Kier alpha value is -2.01. The van der Waals surface area contributed by atoms with E-state index in [9.17, 15) is 30.9 Å². The van der Waals surface area contributed by atoms with Crippen LogP contribution in [0.4, 0.5) is 13.2 Å². The lowest BCUT2D eigenvalue weighted by Crippen LogP contribution is -2.50. The molecule has 5 unspecified atom stereocenters. The quantitative estimate of drug-likeness (QED) is 0.378. The molecule has 0 spiro atoms. The first-order chi connectivity index (χ1) is 15.8. The van der Waals surface area contributed by atoms with E-state index >= 15 is 0 Å². The number of halogens is 3. The van der Waals surface area contributed by atoms with Crippen LogP contribution in [-0.4, -0.2) is 43.3 Å². The largest absolute Gasteiger partial charge is 0.748 e. The minimum absolute atomic E-state index is 0.0145. The van der Waals surface area contributed by atoms with Gasteiger partial charge in [0.1, 0.15) is 12.2 Å². The number of carbonyl (C=O) groups excluding carboxylic acids is 1. The molecule has 5 atom stereocenters. The van der Waals surface area contributed by atoms with Crippen LogP contribution in [0.15, 0.2) is 18.2 Å². The second-order valence-corrected chi connectivity index (χ2v) is 11.4. The van der Waals surface area contributed by atoms with Crippen molar-refractivity contribution < 1.29 is 45.1 Å². The molecule has 0 saturated heterocycles. The van der Waals surface area contributed by atoms with Crippen molar-refractivity contribution in [2.45, 2.75) is 57.9 Å². The van der Waals surface area contributed by atoms with Crippen molar-refractivity contribution in [3.05, 3.63) is 23.8 Å². The summed E-state index contributed by atoms with van der Waals surface area (Å²) in [5.74, 6) is -0.832. The highest BCUT2D eigenvalue weighted by atomic mass is 32.2. The number of fused-ring (bicyclic) bond motifs is 5. The normalized spacial score (nSPS) is 30.4. The zero-order valence-electron chi connectivity index (χ0n) is 19.0. The zero-order chi connectivity index (χ0) is 24.9. The molecule has 1 aromatic carbocycles. The molecule has 1 aromatic rings. The fraction of sp³-hybridized carbons (Fsp3) is 0.696. The van der Waals surface area contributed by atoms with Gasteiger partial charge in [-0.15, -0.1) is 13.2 Å². The molecule has 3 aliphatic rings. The highest BCUT2D eigenvalue weighted by Crippen LogP contribution is 2.65. The molecular formula is C23H28F3O7S-. The number of hydrogen-bond acceptors (Lipinski definition) is 7. The van der Waals surface area contributed by atoms with Gasteiger partial charge in [-0.1, -0.05) is 20.3 Å². The molecule has 3 saturated carbocycles. The van der Waals surface area contributed by atoms with E-state index in [4.69, 9.17) is 9.47 Å². The molecule has 3 fully saturated rings. The Kier molecular flexibility index (Phi) is 6.56. The molecule has 0 aromatic heterocycles. The van der Waals surface area contributed by atoms with Gasteiger partial charge in [0.2, 0.25) is 0 Å². The van der Waals surface area contributed by atoms with Crippen LogP contribution < -0.4 is 9.47 Å². The van der Waals surface area contributed by atoms with Gasteiger partial charge < -0.3 is 18.8 Å². The van der Waals surface area contributed by atoms with Gasteiger partial charge in [0.25, 0.3) is 0 Å². The fourth-order valence-corrected chi connectivity index (χ4v) is 6.77. The van der Waals surface area contributed by atoms with Gasteiger partial charge in [-0.3, -0.25) is 0 Å². The molecule has 0 radical (unpaired) electrons. The third-order valence-electron chi connectivity index (χ3n) is 7.76. The Morgan fingerprint density at radius 3 is 2.56 bits per heavy atom. The van der Waals surface area contributed by atoms with Crippen LogP contribution in [0, 0.1) is 29.6 Å². The molecule has 2 bridgehead atoms. The fourth-order valence-electron chi connectivity index (χ4n) is 6.48. The second kappa shape index (κ2) is 8.89. The minimum Gasteiger partial charge on any atom is -0.748 e. The zero-order valence-corrected chi connectivity index (χ0v) is 19.8. The monoisotopic (exact) mass is 505 g/mol. The summed E-state index contributed by atoms with van der Waals surface area (Å²) >= 11 is 0. The van der Waals surface area contributed by atoms with Gasteiger partial charge in [-0.25, -0.2) is 13.2 Å². The molecule has 7 nitrogen and oxygen atoms in total. The Morgan fingerprint density at radius 2 is 1.91 bits per heavy atom. The summed E-state index contributed by atoms with van der Waals surface area (Å²) in [5.41, 5.74) is -0.812. The maximum absolute atomic E-state index is 13.1. The van der Waals surface area contributed by atoms with Crippen LogP contribution in [0.3, 0.4) is 0 Å². The van der Waals surface area contributed by atoms with Crippen LogP contribution >= 0.6 is 0 Å². The van der Waals surface area contributed by atoms with Gasteiger partial charge >= 0.3 is 12.3 Å². The molecule has 11 heteroatoms. The van der Waals surface area contributed by atoms with E-state index < -0.39 is 46.2 Å². The molecule has 0 aliphatic heterocycles. The molecule has 3 aliphatic carbocycles. The van der Waals surface area contributed by atoms with Crippen molar-refractivity contribution in [1.82, 2.24) is 0 Å². The van der Waals surface area contributed by atoms with Crippen LogP contribution in [-0.2, 0) is 14.9 Å². The average molecular weight is 506 g/mol. The van der Waals surface area contributed by atoms with E-state index in [0.29, 0.717) is 17.8 Å². The first-order valence-electron chi connectivity index (χ1n) is 11.5. The summed E-state index contributed by atoms with van der Waals surface area (Å²) in [5, 5.41) is 0. The highest BCUT2D eigenvalue weighted by molar-refractivity contribution is 7.85. The SMILES string of the molecule is CC(C)C1(Oc2cc(C(=O)OCCS(=O)(=O)[O-])ccc2OC(F)(F)F)CC2CC1C1CCCC21. The number of hydrogen-bond donors (Lipinski definition) is 0. The van der Waals surface area contributed by atoms with E-state index in [1.165, 1.54) is 6.42 Å². The van der Waals surface area contributed by atoms with Crippen molar-refractivity contribution >= 4 is 16.1 Å². The highest BCUT2D eigenvalue weighted by Gasteiger charge is 2.63. The number of rotatable bonds is 8. The average Bonchev–Trinajstić information content (AvgIpc) is 3.39. The standard InChI is InChI=1S/C23H29F3O7S/c1-13(2)22(12-15-10-18(22)17-5-3-4-16(15)17)32-20-11-14(6-7-19(20)33-23(24,25)26)21(27)31-8-9-34(28,29)30/h6-7,11,13,15-18H,3-5,8-10,12H2,1-2H3,(H,28,29,30)/p-1. The van der Waals surface area contributed by atoms with Crippen molar-refractivity contribution in [1.29, 1.82) is 0 Å². The molecule has 190 valence electrons. The summed E-state index contributed by atoms with van der Waals surface area (Å²) in [7, 11) is -4.58. The lowest BCUT2D eigenvalue weighted by Gasteiger charge is -2.46. The summed E-state index contributed by atoms with van der Waals surface area (Å²) in [4.78, 5) is 12.4. The van der Waals surface area contributed by atoms with Gasteiger partial charge in [-0.05, 0) is 67.6 Å². The van der Waals surface area contributed by atoms with Crippen molar-refractivity contribution in [2.24, 2.45) is 29.6 Å². The van der Waals surface area contributed by atoms with E-state index in [1.807, 2.05) is 13.8 Å². The number of ether oxygens (including phenoxy) is 3. The smallest absolute Gasteiger partial charge is 0.573 e. The number of esters is 1. The number of benzene rings is 1. The van der Waals surface area contributed by atoms with E-state index in [2.05, 4.69) is 4.74 Å². The number of alkyl halides is 3.